The van der Waals surface area contributed by atoms with Crippen LogP contribution in [0.25, 0.3) is 10.9 Å². The first-order valence-corrected chi connectivity index (χ1v) is 8.63. The standard InChI is InChI=1S/C18H21ClN2O3/c19-14-11-13-3-1-6-20-17(13)16(12-14)18(23)21-7-4-15(5-8-21)24-10-2-9-22/h1,3,6,11-12,15,22H,2,4-5,7-10H2. The summed E-state index contributed by atoms with van der Waals surface area (Å²) in [5.41, 5.74) is 1.24. The summed E-state index contributed by atoms with van der Waals surface area (Å²) in [6, 6.07) is 7.26. The average Bonchev–Trinajstić information content (AvgIpc) is 2.61. The summed E-state index contributed by atoms with van der Waals surface area (Å²) >= 11 is 6.16. The van der Waals surface area contributed by atoms with Gasteiger partial charge < -0.3 is 14.7 Å². The van der Waals surface area contributed by atoms with Gasteiger partial charge in [0.25, 0.3) is 5.91 Å². The first-order chi connectivity index (χ1) is 11.7. The Morgan fingerprint density at radius 3 is 2.92 bits per heavy atom. The lowest BCUT2D eigenvalue weighted by Crippen LogP contribution is -2.41. The molecule has 128 valence electrons. The van der Waals surface area contributed by atoms with Crippen molar-refractivity contribution in [3.8, 4) is 0 Å². The number of aliphatic hydroxyl groups excluding tert-OH is 1. The van der Waals surface area contributed by atoms with Gasteiger partial charge in [0.15, 0.2) is 0 Å². The largest absolute Gasteiger partial charge is 0.396 e. The highest BCUT2D eigenvalue weighted by atomic mass is 35.5. The fourth-order valence-corrected chi connectivity index (χ4v) is 3.26. The molecule has 1 aliphatic heterocycles. The van der Waals surface area contributed by atoms with Gasteiger partial charge in [-0.1, -0.05) is 17.7 Å². The third kappa shape index (κ3) is 3.86. The van der Waals surface area contributed by atoms with Crippen molar-refractivity contribution in [3.05, 3.63) is 41.0 Å². The normalized spacial score (nSPS) is 15.8. The van der Waals surface area contributed by atoms with Gasteiger partial charge in [-0.15, -0.1) is 0 Å². The second-order valence-corrected chi connectivity index (χ2v) is 6.40. The Bertz CT molecular complexity index is 714. The molecule has 2 aromatic rings. The number of rotatable bonds is 5. The van der Waals surface area contributed by atoms with Crippen molar-refractivity contribution in [2.24, 2.45) is 0 Å². The van der Waals surface area contributed by atoms with Gasteiger partial charge >= 0.3 is 0 Å². The van der Waals surface area contributed by atoms with Gasteiger partial charge in [-0.05, 0) is 37.5 Å². The molecule has 6 heteroatoms. The molecule has 0 atom stereocenters. The van der Waals surface area contributed by atoms with Gasteiger partial charge in [0.1, 0.15) is 0 Å². The molecule has 1 amide bonds. The lowest BCUT2D eigenvalue weighted by atomic mass is 10.0. The van der Waals surface area contributed by atoms with Crippen LogP contribution in [0.5, 0.6) is 0 Å². The number of carbonyl (C=O) groups excluding carboxylic acids is 1. The molecule has 0 unspecified atom stereocenters. The highest BCUT2D eigenvalue weighted by molar-refractivity contribution is 6.32. The van der Waals surface area contributed by atoms with Gasteiger partial charge in [-0.25, -0.2) is 0 Å². The van der Waals surface area contributed by atoms with Crippen molar-refractivity contribution in [2.45, 2.75) is 25.4 Å². The fraction of sp³-hybridized carbons (Fsp3) is 0.444. The van der Waals surface area contributed by atoms with Crippen LogP contribution in [0.3, 0.4) is 0 Å². The first kappa shape index (κ1) is 17.1. The van der Waals surface area contributed by atoms with E-state index in [1.54, 1.807) is 12.3 Å². The van der Waals surface area contributed by atoms with E-state index in [-0.39, 0.29) is 18.6 Å². The summed E-state index contributed by atoms with van der Waals surface area (Å²) in [5.74, 6) is -0.0324. The number of piperidine rings is 1. The van der Waals surface area contributed by atoms with Crippen LogP contribution in [0, 0.1) is 0 Å². The molecule has 1 aromatic carbocycles. The molecule has 0 bridgehead atoms. The van der Waals surface area contributed by atoms with Gasteiger partial charge in [0, 0.05) is 42.9 Å². The number of hydrogen-bond acceptors (Lipinski definition) is 4. The topological polar surface area (TPSA) is 62.7 Å². The van der Waals surface area contributed by atoms with Gasteiger partial charge in [0.2, 0.25) is 0 Å². The number of aliphatic hydroxyl groups is 1. The maximum Gasteiger partial charge on any atom is 0.256 e. The number of halogens is 1. The van der Waals surface area contributed by atoms with Gasteiger partial charge in [-0.3, -0.25) is 9.78 Å². The van der Waals surface area contributed by atoms with E-state index in [0.29, 0.717) is 42.2 Å². The molecule has 2 heterocycles. The summed E-state index contributed by atoms with van der Waals surface area (Å²) in [4.78, 5) is 19.1. The van der Waals surface area contributed by atoms with Crippen molar-refractivity contribution >= 4 is 28.4 Å². The Morgan fingerprint density at radius 2 is 2.17 bits per heavy atom. The minimum Gasteiger partial charge on any atom is -0.396 e. The molecule has 0 saturated carbocycles. The Labute approximate surface area is 146 Å². The van der Waals surface area contributed by atoms with E-state index >= 15 is 0 Å². The summed E-state index contributed by atoms with van der Waals surface area (Å²) in [6.45, 7) is 2.02. The summed E-state index contributed by atoms with van der Waals surface area (Å²) in [5, 5.41) is 10.2. The van der Waals surface area contributed by atoms with Crippen LogP contribution >= 0.6 is 11.6 Å². The zero-order valence-electron chi connectivity index (χ0n) is 13.4. The van der Waals surface area contributed by atoms with Crippen LogP contribution in [0.15, 0.2) is 30.5 Å². The number of fused-ring (bicyclic) bond motifs is 1. The maximum atomic E-state index is 12.9. The SMILES string of the molecule is O=C(c1cc(Cl)cc2cccnc12)N1CCC(OCCCO)CC1. The number of benzene rings is 1. The third-order valence-corrected chi connectivity index (χ3v) is 4.50. The van der Waals surface area contributed by atoms with Crippen molar-refractivity contribution in [1.29, 1.82) is 0 Å². The monoisotopic (exact) mass is 348 g/mol. The maximum absolute atomic E-state index is 12.9. The third-order valence-electron chi connectivity index (χ3n) is 4.29. The lowest BCUT2D eigenvalue weighted by Gasteiger charge is -2.32. The highest BCUT2D eigenvalue weighted by Crippen LogP contribution is 2.25. The second kappa shape index (κ2) is 7.92. The molecular weight excluding hydrogens is 328 g/mol. The van der Waals surface area contributed by atoms with Crippen LogP contribution in [-0.2, 0) is 4.74 Å². The molecule has 1 fully saturated rings. The van der Waals surface area contributed by atoms with Crippen LogP contribution in [0.4, 0.5) is 0 Å². The predicted molar refractivity (Wildman–Crippen MR) is 93.3 cm³/mol. The average molecular weight is 349 g/mol. The van der Waals surface area contributed by atoms with Crippen molar-refractivity contribution in [1.82, 2.24) is 9.88 Å². The number of aromatic nitrogens is 1. The number of pyridine rings is 1. The molecule has 1 saturated heterocycles. The molecule has 5 nitrogen and oxygen atoms in total. The molecule has 24 heavy (non-hydrogen) atoms. The fourth-order valence-electron chi connectivity index (χ4n) is 3.03. The summed E-state index contributed by atoms with van der Waals surface area (Å²) in [6.07, 6.45) is 4.12. The van der Waals surface area contributed by atoms with Crippen molar-refractivity contribution in [3.63, 3.8) is 0 Å². The first-order valence-electron chi connectivity index (χ1n) is 8.25. The summed E-state index contributed by atoms with van der Waals surface area (Å²) < 4.78 is 5.72. The molecule has 0 spiro atoms. The second-order valence-electron chi connectivity index (χ2n) is 5.97. The highest BCUT2D eigenvalue weighted by Gasteiger charge is 2.25. The van der Waals surface area contributed by atoms with E-state index in [4.69, 9.17) is 21.4 Å². The number of hydrogen-bond donors (Lipinski definition) is 1. The molecule has 1 aromatic heterocycles. The van der Waals surface area contributed by atoms with Crippen LogP contribution in [-0.4, -0.2) is 53.3 Å². The van der Waals surface area contributed by atoms with E-state index < -0.39 is 0 Å². The number of likely N-dealkylation sites (tertiary alicyclic amines) is 1. The van der Waals surface area contributed by atoms with Crippen molar-refractivity contribution in [2.75, 3.05) is 26.3 Å². The zero-order chi connectivity index (χ0) is 16.9. The minimum atomic E-state index is -0.0324. The van der Waals surface area contributed by atoms with E-state index in [2.05, 4.69) is 4.98 Å². The van der Waals surface area contributed by atoms with Crippen LogP contribution < -0.4 is 0 Å². The van der Waals surface area contributed by atoms with Crippen LogP contribution in [0.2, 0.25) is 5.02 Å². The number of nitrogens with zero attached hydrogens (tertiary/aromatic N) is 2. The Hall–Kier alpha value is -1.69. The number of carbonyl (C=O) groups is 1. The van der Waals surface area contributed by atoms with Gasteiger partial charge in [-0.2, -0.15) is 0 Å². The van der Waals surface area contributed by atoms with E-state index in [1.807, 2.05) is 23.1 Å². The molecule has 3 rings (SSSR count). The van der Waals surface area contributed by atoms with E-state index in [1.165, 1.54) is 0 Å². The smallest absolute Gasteiger partial charge is 0.256 e. The minimum absolute atomic E-state index is 0.0324. The molecule has 0 aliphatic carbocycles. The molecule has 1 N–H and O–H groups in total. The zero-order valence-corrected chi connectivity index (χ0v) is 14.2. The van der Waals surface area contributed by atoms with Crippen molar-refractivity contribution < 1.29 is 14.6 Å². The molecule has 1 aliphatic rings. The predicted octanol–water partition coefficient (Wildman–Crippen LogP) is 2.89. The summed E-state index contributed by atoms with van der Waals surface area (Å²) in [7, 11) is 0. The number of ether oxygens (including phenoxy) is 1. The van der Waals surface area contributed by atoms with E-state index in [0.717, 1.165) is 18.2 Å². The quantitative estimate of drug-likeness (QED) is 0.844. The lowest BCUT2D eigenvalue weighted by molar-refractivity contribution is 0.00402. The van der Waals surface area contributed by atoms with Crippen LogP contribution in [0.1, 0.15) is 29.6 Å². The Morgan fingerprint density at radius 1 is 1.38 bits per heavy atom. The number of amides is 1. The molecular formula is C18H21ClN2O3. The van der Waals surface area contributed by atoms with Gasteiger partial charge in [0.05, 0.1) is 17.2 Å². The Balaban J connectivity index is 1.70. The molecule has 0 radical (unpaired) electrons. The Kier molecular flexibility index (Phi) is 5.66. The van der Waals surface area contributed by atoms with E-state index in [9.17, 15) is 4.79 Å².